The first-order chi connectivity index (χ1) is 7.54. The molecule has 1 aliphatic rings. The highest BCUT2D eigenvalue weighted by Gasteiger charge is 2.26. The molecule has 1 rings (SSSR count). The molecular weight excluding hydrogens is 212 g/mol. The van der Waals surface area contributed by atoms with Crippen molar-refractivity contribution in [3.8, 4) is 0 Å². The van der Waals surface area contributed by atoms with Gasteiger partial charge in [-0.15, -0.1) is 6.58 Å². The molecule has 0 nitrogen and oxygen atoms in total. The Morgan fingerprint density at radius 3 is 1.94 bits per heavy atom. The Labute approximate surface area is 105 Å². The second kappa shape index (κ2) is 8.22. The molecule has 1 heteroatoms. The van der Waals surface area contributed by atoms with Gasteiger partial charge in [-0.3, -0.25) is 0 Å². The Balaban J connectivity index is 0.00000106. The topological polar surface area (TPSA) is 0 Å². The van der Waals surface area contributed by atoms with Crippen LogP contribution in [-0.2, 0) is 0 Å². The number of hydrogen-bond donors (Lipinski definition) is 0. The Morgan fingerprint density at radius 2 is 1.56 bits per heavy atom. The normalized spacial score (nSPS) is 26.6. The summed E-state index contributed by atoms with van der Waals surface area (Å²) < 4.78 is 0. The maximum atomic E-state index is 3.80. The summed E-state index contributed by atoms with van der Waals surface area (Å²) >= 11 is 0. The molecule has 0 atom stereocenters. The van der Waals surface area contributed by atoms with Crippen molar-refractivity contribution in [3.63, 3.8) is 0 Å². The second-order valence-electron chi connectivity index (χ2n) is 5.44. The molecule has 16 heavy (non-hydrogen) atoms. The lowest BCUT2D eigenvalue weighted by Gasteiger charge is -2.40. The molecule has 0 bridgehead atoms. The van der Waals surface area contributed by atoms with Crippen molar-refractivity contribution in [2.24, 2.45) is 5.92 Å². The first-order valence-corrected chi connectivity index (χ1v) is 9.74. The molecule has 1 fully saturated rings. The quantitative estimate of drug-likeness (QED) is 0.594. The summed E-state index contributed by atoms with van der Waals surface area (Å²) in [5.41, 5.74) is 0. The summed E-state index contributed by atoms with van der Waals surface area (Å²) in [4.78, 5) is 0. The third kappa shape index (κ3) is 5.98. The molecule has 98 valence electrons. The molecule has 0 aliphatic heterocycles. The van der Waals surface area contributed by atoms with E-state index < -0.39 is 0 Å². The maximum Gasteiger partial charge on any atom is -0.0119 e. The van der Waals surface area contributed by atoms with Gasteiger partial charge >= 0.3 is 0 Å². The van der Waals surface area contributed by atoms with E-state index in [0.29, 0.717) is 0 Å². The lowest BCUT2D eigenvalue weighted by molar-refractivity contribution is 0.346. The van der Waals surface area contributed by atoms with Crippen LogP contribution >= 0.6 is 10.0 Å². The second-order valence-corrected chi connectivity index (χ2v) is 9.97. The first-order valence-electron chi connectivity index (χ1n) is 6.82. The maximum absolute atomic E-state index is 3.80. The van der Waals surface area contributed by atoms with E-state index >= 15 is 0 Å². The first kappa shape index (κ1) is 16.1. The monoisotopic (exact) mass is 244 g/mol. The minimum Gasteiger partial charge on any atom is -0.247 e. The van der Waals surface area contributed by atoms with Crippen LogP contribution in [0.25, 0.3) is 0 Å². The van der Waals surface area contributed by atoms with E-state index in [2.05, 4.69) is 31.4 Å². The summed E-state index contributed by atoms with van der Waals surface area (Å²) in [6.07, 6.45) is 18.0. The van der Waals surface area contributed by atoms with Crippen LogP contribution in [0.15, 0.2) is 12.7 Å². The molecule has 1 aliphatic carbocycles. The summed E-state index contributed by atoms with van der Waals surface area (Å²) in [7, 11) is -0.290. The van der Waals surface area contributed by atoms with E-state index in [1.54, 1.807) is 0 Å². The highest BCUT2D eigenvalue weighted by atomic mass is 32.3. The Hall–Kier alpha value is 0.0900. The zero-order chi connectivity index (χ0) is 12.6. The van der Waals surface area contributed by atoms with Crippen LogP contribution in [0.5, 0.6) is 0 Å². The van der Waals surface area contributed by atoms with E-state index in [1.807, 2.05) is 13.8 Å². The van der Waals surface area contributed by atoms with Crippen molar-refractivity contribution in [2.75, 3.05) is 18.8 Å². The lowest BCUT2D eigenvalue weighted by Crippen LogP contribution is -2.23. The van der Waals surface area contributed by atoms with Gasteiger partial charge < -0.3 is 0 Å². The fourth-order valence-electron chi connectivity index (χ4n) is 2.48. The minimum atomic E-state index is -0.290. The van der Waals surface area contributed by atoms with Crippen LogP contribution in [0.1, 0.15) is 52.4 Å². The van der Waals surface area contributed by atoms with Crippen molar-refractivity contribution in [1.29, 1.82) is 0 Å². The fourth-order valence-corrected chi connectivity index (χ4v) is 4.17. The Kier molecular flexibility index (Phi) is 8.27. The van der Waals surface area contributed by atoms with Gasteiger partial charge in [-0.1, -0.05) is 19.9 Å². The van der Waals surface area contributed by atoms with E-state index in [-0.39, 0.29) is 10.0 Å². The highest BCUT2D eigenvalue weighted by molar-refractivity contribution is 8.32. The number of allylic oxidation sites excluding steroid dienone is 1. The molecule has 0 spiro atoms. The fraction of sp³-hybridized carbons (Fsp3) is 0.867. The van der Waals surface area contributed by atoms with Crippen LogP contribution in [0.3, 0.4) is 0 Å². The van der Waals surface area contributed by atoms with Gasteiger partial charge in [0.05, 0.1) is 0 Å². The molecule has 0 amide bonds. The predicted molar refractivity (Wildman–Crippen MR) is 81.9 cm³/mol. The standard InChI is InChI=1S/C13H26S.C2H6/c1-5-6-7-12-8-10-13(11-9-12)14(2,3)4;1-2/h5,12-13H,1,6-11H2,2-4H3;1-2H3. The molecule has 0 heterocycles. The van der Waals surface area contributed by atoms with Crippen molar-refractivity contribution in [2.45, 2.75) is 57.6 Å². The summed E-state index contributed by atoms with van der Waals surface area (Å²) in [5, 5.41) is 1.04. The van der Waals surface area contributed by atoms with E-state index in [9.17, 15) is 0 Å². The molecule has 0 aromatic rings. The Morgan fingerprint density at radius 1 is 1.06 bits per heavy atom. The smallest absolute Gasteiger partial charge is 0.0119 e. The van der Waals surface area contributed by atoms with Gasteiger partial charge in [-0.05, 0) is 68.5 Å². The SMILES string of the molecule is C=CCCC1CCC(S(C)(C)C)CC1.CC. The van der Waals surface area contributed by atoms with E-state index in [4.69, 9.17) is 0 Å². The number of rotatable bonds is 4. The van der Waals surface area contributed by atoms with Crippen molar-refractivity contribution in [3.05, 3.63) is 12.7 Å². The molecule has 1 saturated carbocycles. The molecule has 0 aromatic heterocycles. The lowest BCUT2D eigenvalue weighted by atomic mass is 9.86. The van der Waals surface area contributed by atoms with E-state index in [0.717, 1.165) is 11.2 Å². The van der Waals surface area contributed by atoms with Crippen LogP contribution in [0, 0.1) is 5.92 Å². The third-order valence-electron chi connectivity index (χ3n) is 3.57. The third-order valence-corrected chi connectivity index (χ3v) is 6.04. The zero-order valence-electron chi connectivity index (χ0n) is 12.1. The van der Waals surface area contributed by atoms with Gasteiger partial charge in [0.2, 0.25) is 0 Å². The van der Waals surface area contributed by atoms with Gasteiger partial charge in [-0.25, -0.2) is 10.0 Å². The Bertz CT molecular complexity index is 170. The molecular formula is C15H32S. The summed E-state index contributed by atoms with van der Waals surface area (Å²) in [6.45, 7) is 7.80. The van der Waals surface area contributed by atoms with Crippen molar-refractivity contribution < 1.29 is 0 Å². The molecule has 0 unspecified atom stereocenters. The summed E-state index contributed by atoms with van der Waals surface area (Å²) in [5.74, 6) is 1.01. The predicted octanol–water partition coefficient (Wildman–Crippen LogP) is 5.23. The van der Waals surface area contributed by atoms with E-state index in [1.165, 1.54) is 38.5 Å². The van der Waals surface area contributed by atoms with Crippen molar-refractivity contribution >= 4 is 10.0 Å². The highest BCUT2D eigenvalue weighted by Crippen LogP contribution is 2.49. The average Bonchev–Trinajstić information content (AvgIpc) is 2.28. The molecule has 0 saturated heterocycles. The van der Waals surface area contributed by atoms with Crippen LogP contribution in [-0.4, -0.2) is 24.0 Å². The molecule has 0 radical (unpaired) electrons. The van der Waals surface area contributed by atoms with Gasteiger partial charge in [0.25, 0.3) is 0 Å². The molecule has 0 aromatic carbocycles. The van der Waals surface area contributed by atoms with Crippen LogP contribution < -0.4 is 0 Å². The minimum absolute atomic E-state index is 0.290. The van der Waals surface area contributed by atoms with Crippen LogP contribution in [0.4, 0.5) is 0 Å². The van der Waals surface area contributed by atoms with Crippen LogP contribution in [0.2, 0.25) is 0 Å². The zero-order valence-corrected chi connectivity index (χ0v) is 12.9. The summed E-state index contributed by atoms with van der Waals surface area (Å²) in [6, 6.07) is 0. The van der Waals surface area contributed by atoms with Gasteiger partial charge in [0.15, 0.2) is 0 Å². The van der Waals surface area contributed by atoms with Gasteiger partial charge in [0.1, 0.15) is 0 Å². The van der Waals surface area contributed by atoms with Crippen molar-refractivity contribution in [1.82, 2.24) is 0 Å². The van der Waals surface area contributed by atoms with Gasteiger partial charge in [0, 0.05) is 0 Å². The molecule has 0 N–H and O–H groups in total. The van der Waals surface area contributed by atoms with Gasteiger partial charge in [-0.2, -0.15) is 0 Å². The average molecular weight is 244 g/mol. The largest absolute Gasteiger partial charge is 0.247 e. The number of hydrogen-bond acceptors (Lipinski definition) is 0.